The molecule has 7 heteroatoms. The van der Waals surface area contributed by atoms with Gasteiger partial charge in [0.1, 0.15) is 10.7 Å². The summed E-state index contributed by atoms with van der Waals surface area (Å²) < 4.78 is 1.04. The highest BCUT2D eigenvalue weighted by Gasteiger charge is 2.12. The number of nitrogens with one attached hydrogen (secondary N) is 1. The van der Waals surface area contributed by atoms with Crippen molar-refractivity contribution in [3.8, 4) is 0 Å². The number of carbonyl (C=O) groups is 1. The van der Waals surface area contributed by atoms with Gasteiger partial charge in [-0.3, -0.25) is 10.1 Å². The lowest BCUT2D eigenvalue weighted by atomic mass is 10.3. The Morgan fingerprint density at radius 3 is 2.89 bits per heavy atom. The molecule has 0 spiro atoms. The maximum Gasteiger partial charge on any atom is 0.276 e. The van der Waals surface area contributed by atoms with Crippen molar-refractivity contribution in [1.82, 2.24) is 9.97 Å². The molecule has 1 aromatic carbocycles. The van der Waals surface area contributed by atoms with E-state index >= 15 is 0 Å². The Bertz CT molecular complexity index is 701. The Morgan fingerprint density at radius 1 is 1.32 bits per heavy atom. The Labute approximate surface area is 117 Å². The SMILES string of the molecule is NCc1nc(C(=O)Nc2nc3ccccc3s2)cs1. The van der Waals surface area contributed by atoms with Gasteiger partial charge in [-0.1, -0.05) is 23.5 Å². The van der Waals surface area contributed by atoms with Gasteiger partial charge in [0, 0.05) is 11.9 Å². The number of hydrogen-bond donors (Lipinski definition) is 2. The van der Waals surface area contributed by atoms with Gasteiger partial charge in [0.2, 0.25) is 0 Å². The van der Waals surface area contributed by atoms with Crippen molar-refractivity contribution in [3.63, 3.8) is 0 Å². The lowest BCUT2D eigenvalue weighted by Crippen LogP contribution is -2.12. The molecule has 0 aliphatic heterocycles. The van der Waals surface area contributed by atoms with Gasteiger partial charge in [-0.25, -0.2) is 9.97 Å². The Balaban J connectivity index is 1.82. The molecule has 2 aromatic heterocycles. The van der Waals surface area contributed by atoms with E-state index < -0.39 is 0 Å². The van der Waals surface area contributed by atoms with Crippen molar-refractivity contribution < 1.29 is 4.79 Å². The summed E-state index contributed by atoms with van der Waals surface area (Å²) in [6.45, 7) is 0.346. The Morgan fingerprint density at radius 2 is 2.16 bits per heavy atom. The zero-order valence-corrected chi connectivity index (χ0v) is 11.4. The van der Waals surface area contributed by atoms with Crippen LogP contribution >= 0.6 is 22.7 Å². The summed E-state index contributed by atoms with van der Waals surface area (Å²) >= 11 is 2.82. The zero-order chi connectivity index (χ0) is 13.2. The zero-order valence-electron chi connectivity index (χ0n) is 9.79. The minimum atomic E-state index is -0.255. The smallest absolute Gasteiger partial charge is 0.276 e. The van der Waals surface area contributed by atoms with Crippen molar-refractivity contribution >= 4 is 43.9 Å². The van der Waals surface area contributed by atoms with Crippen LogP contribution in [0.25, 0.3) is 10.2 Å². The van der Waals surface area contributed by atoms with Crippen molar-refractivity contribution in [1.29, 1.82) is 0 Å². The van der Waals surface area contributed by atoms with Crippen LogP contribution in [0.3, 0.4) is 0 Å². The molecular formula is C12H10N4OS2. The monoisotopic (exact) mass is 290 g/mol. The molecule has 0 bridgehead atoms. The third-order valence-electron chi connectivity index (χ3n) is 2.47. The molecular weight excluding hydrogens is 280 g/mol. The highest BCUT2D eigenvalue weighted by molar-refractivity contribution is 7.22. The van der Waals surface area contributed by atoms with Gasteiger partial charge in [0.15, 0.2) is 5.13 Å². The van der Waals surface area contributed by atoms with Crippen LogP contribution < -0.4 is 11.1 Å². The highest BCUT2D eigenvalue weighted by atomic mass is 32.1. The van der Waals surface area contributed by atoms with Crippen LogP contribution in [0.4, 0.5) is 5.13 Å². The van der Waals surface area contributed by atoms with Gasteiger partial charge in [0.25, 0.3) is 5.91 Å². The number of nitrogens with zero attached hydrogens (tertiary/aromatic N) is 2. The molecule has 0 saturated heterocycles. The number of anilines is 1. The van der Waals surface area contributed by atoms with Crippen LogP contribution in [0.5, 0.6) is 0 Å². The van der Waals surface area contributed by atoms with E-state index in [1.165, 1.54) is 22.7 Å². The van der Waals surface area contributed by atoms with Crippen LogP contribution in [0.1, 0.15) is 15.5 Å². The van der Waals surface area contributed by atoms with E-state index in [0.717, 1.165) is 15.2 Å². The van der Waals surface area contributed by atoms with Gasteiger partial charge < -0.3 is 5.73 Å². The summed E-state index contributed by atoms with van der Waals surface area (Å²) in [4.78, 5) is 20.5. The molecule has 0 radical (unpaired) electrons. The number of thiazole rings is 2. The van der Waals surface area contributed by atoms with Gasteiger partial charge in [-0.15, -0.1) is 11.3 Å². The normalized spacial score (nSPS) is 10.8. The molecule has 1 amide bonds. The Hall–Kier alpha value is -1.83. The fourth-order valence-electron chi connectivity index (χ4n) is 1.60. The minimum absolute atomic E-state index is 0.255. The molecule has 19 heavy (non-hydrogen) atoms. The molecule has 3 rings (SSSR count). The number of amides is 1. The van der Waals surface area contributed by atoms with Crippen LogP contribution in [0.2, 0.25) is 0 Å². The van der Waals surface area contributed by atoms with Gasteiger partial charge in [-0.05, 0) is 12.1 Å². The fraction of sp³-hybridized carbons (Fsp3) is 0.0833. The summed E-state index contributed by atoms with van der Waals surface area (Å²) in [5.41, 5.74) is 6.73. The summed E-state index contributed by atoms with van der Waals surface area (Å²) in [6.07, 6.45) is 0. The van der Waals surface area contributed by atoms with Gasteiger partial charge in [-0.2, -0.15) is 0 Å². The minimum Gasteiger partial charge on any atom is -0.325 e. The molecule has 0 saturated carbocycles. The first kappa shape index (κ1) is 12.2. The van der Waals surface area contributed by atoms with E-state index in [4.69, 9.17) is 5.73 Å². The van der Waals surface area contributed by atoms with Crippen LogP contribution in [0.15, 0.2) is 29.6 Å². The number of benzene rings is 1. The second kappa shape index (κ2) is 5.04. The second-order valence-electron chi connectivity index (χ2n) is 3.77. The summed E-state index contributed by atoms with van der Waals surface area (Å²) in [5.74, 6) is -0.255. The first-order chi connectivity index (χ1) is 9.26. The molecule has 0 fully saturated rings. The molecule has 0 aliphatic carbocycles. The fourth-order valence-corrected chi connectivity index (χ4v) is 3.11. The number of fused-ring (bicyclic) bond motifs is 1. The lowest BCUT2D eigenvalue weighted by molar-refractivity contribution is 0.102. The topological polar surface area (TPSA) is 80.9 Å². The summed E-state index contributed by atoms with van der Waals surface area (Å²) in [5, 5.41) is 5.78. The third-order valence-corrected chi connectivity index (χ3v) is 4.30. The standard InChI is InChI=1S/C12H10N4OS2/c13-5-10-14-8(6-18-10)11(17)16-12-15-7-3-1-2-4-9(7)19-12/h1-4,6H,5,13H2,(H,15,16,17). The predicted molar refractivity (Wildman–Crippen MR) is 77.6 cm³/mol. The molecule has 2 heterocycles. The second-order valence-corrected chi connectivity index (χ2v) is 5.74. The summed E-state index contributed by atoms with van der Waals surface area (Å²) in [7, 11) is 0. The molecule has 0 unspecified atom stereocenters. The molecule has 5 nitrogen and oxygen atoms in total. The first-order valence-electron chi connectivity index (χ1n) is 5.57. The average Bonchev–Trinajstić information content (AvgIpc) is 3.04. The van der Waals surface area contributed by atoms with E-state index in [9.17, 15) is 4.79 Å². The number of rotatable bonds is 3. The van der Waals surface area contributed by atoms with Crippen LogP contribution in [-0.2, 0) is 6.54 Å². The molecule has 0 aliphatic rings. The van der Waals surface area contributed by atoms with E-state index in [-0.39, 0.29) is 5.91 Å². The van der Waals surface area contributed by atoms with Gasteiger partial charge in [0.05, 0.1) is 10.2 Å². The summed E-state index contributed by atoms with van der Waals surface area (Å²) in [6, 6.07) is 7.75. The lowest BCUT2D eigenvalue weighted by Gasteiger charge is -1.96. The number of aromatic nitrogens is 2. The van der Waals surface area contributed by atoms with Crippen molar-refractivity contribution in [2.24, 2.45) is 5.73 Å². The van der Waals surface area contributed by atoms with E-state index in [1.54, 1.807) is 5.38 Å². The number of para-hydroxylation sites is 1. The highest BCUT2D eigenvalue weighted by Crippen LogP contribution is 2.25. The number of hydrogen-bond acceptors (Lipinski definition) is 6. The van der Waals surface area contributed by atoms with Crippen molar-refractivity contribution in [2.45, 2.75) is 6.54 Å². The largest absolute Gasteiger partial charge is 0.325 e. The molecule has 0 atom stereocenters. The van der Waals surface area contributed by atoms with Gasteiger partial charge >= 0.3 is 0 Å². The van der Waals surface area contributed by atoms with Crippen LogP contribution in [0, 0.1) is 0 Å². The average molecular weight is 290 g/mol. The van der Waals surface area contributed by atoms with Crippen molar-refractivity contribution in [3.05, 3.63) is 40.3 Å². The predicted octanol–water partition coefficient (Wildman–Crippen LogP) is 2.46. The number of carbonyl (C=O) groups excluding carboxylic acids is 1. The molecule has 3 N–H and O–H groups in total. The maximum absolute atomic E-state index is 12.0. The molecule has 3 aromatic rings. The van der Waals surface area contributed by atoms with E-state index in [1.807, 2.05) is 24.3 Å². The van der Waals surface area contributed by atoms with E-state index in [2.05, 4.69) is 15.3 Å². The number of nitrogens with two attached hydrogens (primary N) is 1. The van der Waals surface area contributed by atoms with Crippen LogP contribution in [-0.4, -0.2) is 15.9 Å². The maximum atomic E-state index is 12.0. The third kappa shape index (κ3) is 2.48. The van der Waals surface area contributed by atoms with E-state index in [0.29, 0.717) is 17.4 Å². The van der Waals surface area contributed by atoms with Crippen molar-refractivity contribution in [2.75, 3.05) is 5.32 Å². The Kier molecular flexibility index (Phi) is 3.24. The molecule has 96 valence electrons. The quantitative estimate of drug-likeness (QED) is 0.776. The first-order valence-corrected chi connectivity index (χ1v) is 7.27.